The summed E-state index contributed by atoms with van der Waals surface area (Å²) in [6.45, 7) is 2.04. The third kappa shape index (κ3) is 2.55. The minimum Gasteiger partial charge on any atom is -0.496 e. The molecular weight excluding hydrogens is 275 g/mol. The molecule has 1 unspecified atom stereocenters. The highest BCUT2D eigenvalue weighted by Crippen LogP contribution is 2.35. The van der Waals surface area contributed by atoms with Crippen molar-refractivity contribution >= 4 is 11.3 Å². The summed E-state index contributed by atoms with van der Waals surface area (Å²) in [4.78, 5) is 4.63. The molecule has 1 saturated heterocycles. The SMILES string of the molecule is COc1cccc(F)c1-c1csc(C2CCCNC2)n1. The van der Waals surface area contributed by atoms with E-state index < -0.39 is 0 Å². The van der Waals surface area contributed by atoms with Gasteiger partial charge in [0.05, 0.1) is 23.4 Å². The zero-order chi connectivity index (χ0) is 13.9. The van der Waals surface area contributed by atoms with Gasteiger partial charge in [0.25, 0.3) is 0 Å². The molecule has 0 bridgehead atoms. The van der Waals surface area contributed by atoms with Crippen LogP contribution in [-0.4, -0.2) is 25.2 Å². The van der Waals surface area contributed by atoms with Crippen molar-refractivity contribution in [3.8, 4) is 17.0 Å². The number of methoxy groups -OCH3 is 1. The fraction of sp³-hybridized carbons (Fsp3) is 0.400. The quantitative estimate of drug-likeness (QED) is 0.941. The Morgan fingerprint density at radius 1 is 1.45 bits per heavy atom. The normalized spacial score (nSPS) is 19.0. The second-order valence-corrected chi connectivity index (χ2v) is 5.82. The number of hydrogen-bond donors (Lipinski definition) is 1. The van der Waals surface area contributed by atoms with Crippen molar-refractivity contribution < 1.29 is 9.13 Å². The van der Waals surface area contributed by atoms with Crippen molar-refractivity contribution in [3.63, 3.8) is 0 Å². The Bertz CT molecular complexity index is 593. The zero-order valence-electron chi connectivity index (χ0n) is 11.4. The van der Waals surface area contributed by atoms with Gasteiger partial charge in [-0.25, -0.2) is 9.37 Å². The first-order valence-corrected chi connectivity index (χ1v) is 7.66. The molecule has 2 heterocycles. The number of nitrogens with zero attached hydrogens (tertiary/aromatic N) is 1. The molecule has 0 saturated carbocycles. The summed E-state index contributed by atoms with van der Waals surface area (Å²) in [5, 5.41) is 6.39. The molecule has 2 aromatic rings. The molecule has 1 fully saturated rings. The van der Waals surface area contributed by atoms with Crippen LogP contribution in [0.2, 0.25) is 0 Å². The Morgan fingerprint density at radius 2 is 2.35 bits per heavy atom. The fourth-order valence-electron chi connectivity index (χ4n) is 2.58. The van der Waals surface area contributed by atoms with Crippen molar-refractivity contribution in [1.29, 1.82) is 0 Å². The Balaban J connectivity index is 1.93. The highest BCUT2D eigenvalue weighted by molar-refractivity contribution is 7.10. The third-order valence-corrected chi connectivity index (χ3v) is 4.63. The van der Waals surface area contributed by atoms with Crippen LogP contribution in [0.15, 0.2) is 23.6 Å². The number of ether oxygens (including phenoxy) is 1. The Labute approximate surface area is 121 Å². The first kappa shape index (κ1) is 13.5. The average molecular weight is 292 g/mol. The van der Waals surface area contributed by atoms with Gasteiger partial charge in [0.15, 0.2) is 0 Å². The molecule has 1 aliphatic rings. The summed E-state index contributed by atoms with van der Waals surface area (Å²) < 4.78 is 19.3. The summed E-state index contributed by atoms with van der Waals surface area (Å²) in [5.74, 6) is 0.687. The van der Waals surface area contributed by atoms with Crippen LogP contribution in [0.5, 0.6) is 5.75 Å². The van der Waals surface area contributed by atoms with E-state index in [1.807, 2.05) is 5.38 Å². The topological polar surface area (TPSA) is 34.1 Å². The maximum atomic E-state index is 14.0. The summed E-state index contributed by atoms with van der Waals surface area (Å²) in [6.07, 6.45) is 2.32. The second-order valence-electron chi connectivity index (χ2n) is 4.93. The monoisotopic (exact) mass is 292 g/mol. The Hall–Kier alpha value is -1.46. The van der Waals surface area contributed by atoms with E-state index in [4.69, 9.17) is 4.74 Å². The number of benzene rings is 1. The van der Waals surface area contributed by atoms with Crippen LogP contribution in [0.25, 0.3) is 11.3 Å². The molecule has 0 radical (unpaired) electrons. The van der Waals surface area contributed by atoms with E-state index in [0.717, 1.165) is 24.5 Å². The lowest BCUT2D eigenvalue weighted by molar-refractivity contribution is 0.413. The van der Waals surface area contributed by atoms with Gasteiger partial charge in [0.2, 0.25) is 0 Å². The van der Waals surface area contributed by atoms with E-state index in [2.05, 4.69) is 10.3 Å². The Kier molecular flexibility index (Phi) is 3.98. The van der Waals surface area contributed by atoms with Crippen LogP contribution in [0, 0.1) is 5.82 Å². The molecule has 0 amide bonds. The first-order chi connectivity index (χ1) is 9.79. The molecule has 1 aromatic carbocycles. The number of piperidine rings is 1. The van der Waals surface area contributed by atoms with Gasteiger partial charge >= 0.3 is 0 Å². The van der Waals surface area contributed by atoms with E-state index in [1.165, 1.54) is 12.5 Å². The number of rotatable bonds is 3. The van der Waals surface area contributed by atoms with E-state index in [1.54, 1.807) is 30.6 Å². The van der Waals surface area contributed by atoms with Crippen LogP contribution in [0.4, 0.5) is 4.39 Å². The van der Waals surface area contributed by atoms with Gasteiger partial charge in [-0.05, 0) is 31.5 Å². The van der Waals surface area contributed by atoms with Crippen molar-refractivity contribution in [1.82, 2.24) is 10.3 Å². The lowest BCUT2D eigenvalue weighted by atomic mass is 10.0. The number of aromatic nitrogens is 1. The van der Waals surface area contributed by atoms with Crippen molar-refractivity contribution in [2.75, 3.05) is 20.2 Å². The maximum absolute atomic E-state index is 14.0. The maximum Gasteiger partial charge on any atom is 0.136 e. The summed E-state index contributed by atoms with van der Waals surface area (Å²) in [5.41, 5.74) is 1.13. The predicted octanol–water partition coefficient (Wildman–Crippen LogP) is 3.42. The van der Waals surface area contributed by atoms with Gasteiger partial charge in [-0.3, -0.25) is 0 Å². The molecule has 20 heavy (non-hydrogen) atoms. The highest BCUT2D eigenvalue weighted by atomic mass is 32.1. The molecule has 0 spiro atoms. The molecular formula is C15H17FN2OS. The number of nitrogens with one attached hydrogen (secondary N) is 1. The van der Waals surface area contributed by atoms with Gasteiger partial charge in [-0.1, -0.05) is 6.07 Å². The van der Waals surface area contributed by atoms with Crippen LogP contribution in [0.1, 0.15) is 23.8 Å². The molecule has 1 aliphatic heterocycles. The largest absolute Gasteiger partial charge is 0.496 e. The molecule has 0 aliphatic carbocycles. The minimum absolute atomic E-state index is 0.289. The first-order valence-electron chi connectivity index (χ1n) is 6.78. The standard InChI is InChI=1S/C15H17FN2OS/c1-19-13-6-2-5-11(16)14(13)12-9-20-15(18-12)10-4-3-7-17-8-10/h2,5-6,9-10,17H,3-4,7-8H2,1H3. The van der Waals surface area contributed by atoms with Crippen LogP contribution in [-0.2, 0) is 0 Å². The van der Waals surface area contributed by atoms with E-state index in [-0.39, 0.29) is 5.82 Å². The van der Waals surface area contributed by atoms with Crippen LogP contribution >= 0.6 is 11.3 Å². The predicted molar refractivity (Wildman–Crippen MR) is 78.9 cm³/mol. The van der Waals surface area contributed by atoms with Gasteiger partial charge < -0.3 is 10.1 Å². The van der Waals surface area contributed by atoms with Crippen molar-refractivity contribution in [2.24, 2.45) is 0 Å². The number of thiazole rings is 1. The van der Waals surface area contributed by atoms with Gasteiger partial charge in [0, 0.05) is 17.8 Å². The average Bonchev–Trinajstić information content (AvgIpc) is 2.97. The van der Waals surface area contributed by atoms with Crippen LogP contribution < -0.4 is 10.1 Å². The smallest absolute Gasteiger partial charge is 0.136 e. The molecule has 1 aromatic heterocycles. The van der Waals surface area contributed by atoms with E-state index in [0.29, 0.717) is 22.9 Å². The molecule has 1 N–H and O–H groups in total. The third-order valence-electron chi connectivity index (χ3n) is 3.62. The van der Waals surface area contributed by atoms with Gasteiger partial charge in [-0.2, -0.15) is 0 Å². The van der Waals surface area contributed by atoms with Gasteiger partial charge in [0.1, 0.15) is 11.6 Å². The van der Waals surface area contributed by atoms with E-state index in [9.17, 15) is 4.39 Å². The molecule has 1 atom stereocenters. The second kappa shape index (κ2) is 5.89. The number of halogens is 1. The summed E-state index contributed by atoms with van der Waals surface area (Å²) in [6, 6.07) is 4.86. The minimum atomic E-state index is -0.289. The molecule has 3 nitrogen and oxygen atoms in total. The lowest BCUT2D eigenvalue weighted by Gasteiger charge is -2.20. The van der Waals surface area contributed by atoms with E-state index >= 15 is 0 Å². The fourth-order valence-corrected chi connectivity index (χ4v) is 3.52. The van der Waals surface area contributed by atoms with Crippen molar-refractivity contribution in [2.45, 2.75) is 18.8 Å². The molecule has 5 heteroatoms. The van der Waals surface area contributed by atoms with Gasteiger partial charge in [-0.15, -0.1) is 11.3 Å². The zero-order valence-corrected chi connectivity index (χ0v) is 12.2. The van der Waals surface area contributed by atoms with Crippen LogP contribution in [0.3, 0.4) is 0 Å². The highest BCUT2D eigenvalue weighted by Gasteiger charge is 2.21. The number of hydrogen-bond acceptors (Lipinski definition) is 4. The molecule has 3 rings (SSSR count). The summed E-state index contributed by atoms with van der Waals surface area (Å²) >= 11 is 1.61. The lowest BCUT2D eigenvalue weighted by Crippen LogP contribution is -2.28. The molecule has 106 valence electrons. The Morgan fingerprint density at radius 3 is 3.10 bits per heavy atom. The summed E-state index contributed by atoms with van der Waals surface area (Å²) in [7, 11) is 1.55. The van der Waals surface area contributed by atoms with Crippen molar-refractivity contribution in [3.05, 3.63) is 34.4 Å².